The van der Waals surface area contributed by atoms with Crippen LogP contribution in [0.1, 0.15) is 36.0 Å². The number of carbonyl (C=O) groups is 3. The van der Waals surface area contributed by atoms with Crippen molar-refractivity contribution in [3.63, 3.8) is 0 Å². The number of imide groups is 1. The topological polar surface area (TPSA) is 110 Å². The Morgan fingerprint density at radius 3 is 2.09 bits per heavy atom. The van der Waals surface area contributed by atoms with E-state index in [4.69, 9.17) is 0 Å². The fourth-order valence-electron chi connectivity index (χ4n) is 3.17. The maximum absolute atomic E-state index is 12.3. The van der Waals surface area contributed by atoms with E-state index in [1.54, 1.807) is 0 Å². The first-order valence-corrected chi connectivity index (χ1v) is 7.42. The molecule has 0 spiro atoms. The molecule has 0 radical (unpaired) electrons. The molecule has 2 fully saturated rings. The van der Waals surface area contributed by atoms with Crippen LogP contribution in [0.15, 0.2) is 24.3 Å². The Morgan fingerprint density at radius 2 is 1.61 bits per heavy atom. The van der Waals surface area contributed by atoms with Crippen molar-refractivity contribution in [1.29, 1.82) is 0 Å². The number of hydrogen-bond acceptors (Lipinski definition) is 5. The van der Waals surface area contributed by atoms with Crippen molar-refractivity contribution in [2.75, 3.05) is 0 Å². The van der Waals surface area contributed by atoms with Gasteiger partial charge in [0.2, 0.25) is 0 Å². The Hall–Kier alpha value is -2.77. The number of hydrazine groups is 1. The molecule has 120 valence electrons. The number of nitrogens with zero attached hydrogens (tertiary/aromatic N) is 2. The molecule has 0 aromatic heterocycles. The summed E-state index contributed by atoms with van der Waals surface area (Å²) in [6.45, 7) is 0. The van der Waals surface area contributed by atoms with Gasteiger partial charge < -0.3 is 0 Å². The third-order valence-corrected chi connectivity index (χ3v) is 4.39. The van der Waals surface area contributed by atoms with Gasteiger partial charge in [0.1, 0.15) is 0 Å². The van der Waals surface area contributed by atoms with Gasteiger partial charge in [-0.05, 0) is 25.0 Å². The maximum atomic E-state index is 12.3. The summed E-state index contributed by atoms with van der Waals surface area (Å²) in [4.78, 5) is 46.7. The Bertz CT molecular complexity index is 661. The molecule has 8 nitrogen and oxygen atoms in total. The minimum atomic E-state index is -0.639. The van der Waals surface area contributed by atoms with Crippen molar-refractivity contribution in [3.8, 4) is 0 Å². The molecule has 2 aliphatic rings. The lowest BCUT2D eigenvalue weighted by molar-refractivity contribution is -0.384. The first-order chi connectivity index (χ1) is 11.0. The zero-order valence-corrected chi connectivity index (χ0v) is 12.2. The predicted octanol–water partition coefficient (Wildman–Crippen LogP) is 1.41. The normalized spacial score (nSPS) is 23.6. The number of nitrogens with one attached hydrogen (secondary N) is 1. The smallest absolute Gasteiger partial charge is 0.270 e. The molecule has 2 unspecified atom stereocenters. The summed E-state index contributed by atoms with van der Waals surface area (Å²) in [5.41, 5.74) is 2.33. The van der Waals surface area contributed by atoms with E-state index < -0.39 is 10.8 Å². The number of nitro benzene ring substituents is 1. The summed E-state index contributed by atoms with van der Waals surface area (Å²) in [6, 6.07) is 4.96. The number of benzene rings is 1. The molecule has 1 aromatic rings. The minimum absolute atomic E-state index is 0.138. The van der Waals surface area contributed by atoms with Gasteiger partial charge in [0.05, 0.1) is 16.8 Å². The SMILES string of the molecule is O=C(NN1C(=O)C2CCCCC2C1=O)c1ccc([N+](=O)[O-])cc1. The summed E-state index contributed by atoms with van der Waals surface area (Å²) in [7, 11) is 0. The van der Waals surface area contributed by atoms with Gasteiger partial charge in [-0.2, -0.15) is 5.01 Å². The van der Waals surface area contributed by atoms with Crippen LogP contribution >= 0.6 is 0 Å². The van der Waals surface area contributed by atoms with Crippen molar-refractivity contribution in [2.24, 2.45) is 11.8 Å². The zero-order valence-electron chi connectivity index (χ0n) is 12.2. The van der Waals surface area contributed by atoms with Gasteiger partial charge in [-0.3, -0.25) is 29.9 Å². The average Bonchev–Trinajstić information content (AvgIpc) is 2.80. The van der Waals surface area contributed by atoms with Gasteiger partial charge in [-0.15, -0.1) is 0 Å². The number of amides is 3. The molecule has 1 saturated carbocycles. The first-order valence-electron chi connectivity index (χ1n) is 7.42. The standard InChI is InChI=1S/C15H15N3O5/c19-13(9-5-7-10(8-6-9)18(22)23)16-17-14(20)11-3-1-2-4-12(11)15(17)21/h5-8,11-12H,1-4H2,(H,16,19). The molecule has 3 rings (SSSR count). The summed E-state index contributed by atoms with van der Waals surface area (Å²) >= 11 is 0. The fourth-order valence-corrected chi connectivity index (χ4v) is 3.17. The van der Waals surface area contributed by atoms with Crippen LogP contribution in [0, 0.1) is 22.0 Å². The number of fused-ring (bicyclic) bond motifs is 1. The van der Waals surface area contributed by atoms with E-state index in [1.165, 1.54) is 24.3 Å². The molecule has 1 aromatic carbocycles. The summed E-state index contributed by atoms with van der Waals surface area (Å²) < 4.78 is 0. The monoisotopic (exact) mass is 317 g/mol. The third-order valence-electron chi connectivity index (χ3n) is 4.39. The van der Waals surface area contributed by atoms with E-state index in [9.17, 15) is 24.5 Å². The van der Waals surface area contributed by atoms with Gasteiger partial charge in [-0.1, -0.05) is 12.8 Å². The van der Waals surface area contributed by atoms with Crippen molar-refractivity contribution in [3.05, 3.63) is 39.9 Å². The molecule has 3 amide bonds. The summed E-state index contributed by atoms with van der Waals surface area (Å²) in [5, 5.41) is 11.4. The van der Waals surface area contributed by atoms with Crippen molar-refractivity contribution in [1.82, 2.24) is 10.4 Å². The largest absolute Gasteiger partial charge is 0.272 e. The predicted molar refractivity (Wildman–Crippen MR) is 77.9 cm³/mol. The molecule has 1 aliphatic carbocycles. The Morgan fingerprint density at radius 1 is 1.09 bits per heavy atom. The summed E-state index contributed by atoms with van der Waals surface area (Å²) in [5.74, 6) is -2.05. The van der Waals surface area contributed by atoms with Crippen LogP contribution in [0.25, 0.3) is 0 Å². The second kappa shape index (κ2) is 5.79. The fraction of sp³-hybridized carbons (Fsp3) is 0.400. The molecule has 23 heavy (non-hydrogen) atoms. The number of hydrogen-bond donors (Lipinski definition) is 1. The maximum Gasteiger partial charge on any atom is 0.270 e. The van der Waals surface area contributed by atoms with Crippen LogP contribution < -0.4 is 5.43 Å². The Balaban J connectivity index is 1.73. The molecule has 1 heterocycles. The minimum Gasteiger partial charge on any atom is -0.272 e. The molecule has 0 bridgehead atoms. The van der Waals surface area contributed by atoms with Gasteiger partial charge in [0.15, 0.2) is 0 Å². The highest BCUT2D eigenvalue weighted by Gasteiger charge is 2.49. The highest BCUT2D eigenvalue weighted by atomic mass is 16.6. The second-order valence-electron chi connectivity index (χ2n) is 5.75. The Kier molecular flexibility index (Phi) is 3.81. The molecule has 2 atom stereocenters. The van der Waals surface area contributed by atoms with Gasteiger partial charge in [-0.25, -0.2) is 0 Å². The number of non-ortho nitro benzene ring substituents is 1. The van der Waals surface area contributed by atoms with E-state index in [0.29, 0.717) is 12.8 Å². The van der Waals surface area contributed by atoms with Gasteiger partial charge in [0.25, 0.3) is 23.4 Å². The highest BCUT2D eigenvalue weighted by molar-refractivity contribution is 6.07. The average molecular weight is 317 g/mol. The van der Waals surface area contributed by atoms with Crippen molar-refractivity contribution >= 4 is 23.4 Å². The molecule has 1 saturated heterocycles. The highest BCUT2D eigenvalue weighted by Crippen LogP contribution is 2.37. The van der Waals surface area contributed by atoms with Crippen molar-refractivity contribution < 1.29 is 19.3 Å². The lowest BCUT2D eigenvalue weighted by Gasteiger charge is -2.19. The van der Waals surface area contributed by atoms with Crippen LogP contribution in [0.4, 0.5) is 5.69 Å². The van der Waals surface area contributed by atoms with E-state index in [0.717, 1.165) is 17.9 Å². The van der Waals surface area contributed by atoms with Crippen molar-refractivity contribution in [2.45, 2.75) is 25.7 Å². The number of carbonyl (C=O) groups excluding carboxylic acids is 3. The van der Waals surface area contributed by atoms with E-state index >= 15 is 0 Å². The van der Waals surface area contributed by atoms with Gasteiger partial charge in [0, 0.05) is 17.7 Å². The van der Waals surface area contributed by atoms with Crippen LogP contribution in [-0.4, -0.2) is 27.7 Å². The molecule has 1 N–H and O–H groups in total. The Labute approximate surface area is 131 Å². The van der Waals surface area contributed by atoms with E-state index in [2.05, 4.69) is 5.43 Å². The third kappa shape index (κ3) is 2.67. The van der Waals surface area contributed by atoms with Crippen LogP contribution in [-0.2, 0) is 9.59 Å². The van der Waals surface area contributed by atoms with Gasteiger partial charge >= 0.3 is 0 Å². The number of rotatable bonds is 3. The summed E-state index contributed by atoms with van der Waals surface area (Å²) in [6.07, 6.45) is 3.15. The van der Waals surface area contributed by atoms with Crippen LogP contribution in [0.2, 0.25) is 0 Å². The quantitative estimate of drug-likeness (QED) is 0.515. The molecular formula is C15H15N3O5. The van der Waals surface area contributed by atoms with Crippen LogP contribution in [0.5, 0.6) is 0 Å². The lowest BCUT2D eigenvalue weighted by Crippen LogP contribution is -2.46. The molecular weight excluding hydrogens is 302 g/mol. The second-order valence-corrected chi connectivity index (χ2v) is 5.75. The first kappa shape index (κ1) is 15.1. The van der Waals surface area contributed by atoms with E-state index in [1.807, 2.05) is 0 Å². The number of nitro groups is 1. The molecule has 1 aliphatic heterocycles. The molecule has 8 heteroatoms. The lowest BCUT2D eigenvalue weighted by atomic mass is 9.81. The zero-order chi connectivity index (χ0) is 16.6. The van der Waals surface area contributed by atoms with E-state index in [-0.39, 0.29) is 34.9 Å². The van der Waals surface area contributed by atoms with Crippen LogP contribution in [0.3, 0.4) is 0 Å².